The van der Waals surface area contributed by atoms with Crippen molar-refractivity contribution in [2.45, 2.75) is 58.9 Å². The lowest BCUT2D eigenvalue weighted by Crippen LogP contribution is -2.30. The Bertz CT molecular complexity index is 432. The highest BCUT2D eigenvalue weighted by atomic mass is 19.1. The van der Waals surface area contributed by atoms with Crippen LogP contribution in [-0.4, -0.2) is 7.05 Å². The molecule has 1 aliphatic rings. The van der Waals surface area contributed by atoms with E-state index in [1.54, 1.807) is 6.07 Å². The second kappa shape index (κ2) is 6.71. The highest BCUT2D eigenvalue weighted by Gasteiger charge is 2.30. The molecule has 0 bridgehead atoms. The van der Waals surface area contributed by atoms with E-state index in [2.05, 4.69) is 18.3 Å². The normalized spacial score (nSPS) is 24.6. The van der Waals surface area contributed by atoms with Crippen LogP contribution in [0.1, 0.15) is 61.8 Å². The summed E-state index contributed by atoms with van der Waals surface area (Å²) in [5, 5.41) is 3.39. The molecule has 1 fully saturated rings. The number of benzene rings is 1. The SMILES string of the molecule is CCC1CCCC(C(NC)c2c(C)cc(C)cc2F)C1. The molecule has 0 saturated heterocycles. The predicted octanol–water partition coefficient (Wildman–Crippen LogP) is 4.92. The minimum absolute atomic E-state index is 0.0412. The molecular formula is C18H28FN. The smallest absolute Gasteiger partial charge is 0.128 e. The van der Waals surface area contributed by atoms with E-state index in [-0.39, 0.29) is 11.9 Å². The fourth-order valence-electron chi connectivity index (χ4n) is 3.94. The van der Waals surface area contributed by atoms with Crippen LogP contribution in [0.25, 0.3) is 0 Å². The van der Waals surface area contributed by atoms with Gasteiger partial charge in [0, 0.05) is 11.6 Å². The Labute approximate surface area is 123 Å². The van der Waals surface area contributed by atoms with Gasteiger partial charge in [-0.25, -0.2) is 4.39 Å². The molecular weight excluding hydrogens is 249 g/mol. The van der Waals surface area contributed by atoms with Crippen LogP contribution in [0.2, 0.25) is 0 Å². The Morgan fingerprint density at radius 2 is 2.05 bits per heavy atom. The van der Waals surface area contributed by atoms with Crippen LogP contribution >= 0.6 is 0 Å². The highest BCUT2D eigenvalue weighted by Crippen LogP contribution is 2.40. The lowest BCUT2D eigenvalue weighted by molar-refractivity contribution is 0.212. The molecule has 0 aromatic heterocycles. The summed E-state index contributed by atoms with van der Waals surface area (Å²) in [6.45, 7) is 6.27. The Morgan fingerprint density at radius 1 is 1.30 bits per heavy atom. The molecule has 0 amide bonds. The van der Waals surface area contributed by atoms with Crippen molar-refractivity contribution in [3.05, 3.63) is 34.6 Å². The van der Waals surface area contributed by atoms with Crippen LogP contribution in [0.15, 0.2) is 12.1 Å². The topological polar surface area (TPSA) is 12.0 Å². The van der Waals surface area contributed by atoms with E-state index in [9.17, 15) is 4.39 Å². The fraction of sp³-hybridized carbons (Fsp3) is 0.667. The summed E-state index contributed by atoms with van der Waals surface area (Å²) in [6.07, 6.45) is 6.33. The summed E-state index contributed by atoms with van der Waals surface area (Å²) in [5.74, 6) is 1.34. The molecule has 1 aromatic carbocycles. The van der Waals surface area contributed by atoms with Crippen LogP contribution < -0.4 is 5.32 Å². The van der Waals surface area contributed by atoms with Crippen molar-refractivity contribution in [1.29, 1.82) is 0 Å². The maximum absolute atomic E-state index is 14.4. The van der Waals surface area contributed by atoms with Gasteiger partial charge in [0.25, 0.3) is 0 Å². The Hall–Kier alpha value is -0.890. The van der Waals surface area contributed by atoms with E-state index in [0.717, 1.165) is 22.6 Å². The Balaban J connectivity index is 2.28. The van der Waals surface area contributed by atoms with Gasteiger partial charge in [-0.1, -0.05) is 32.3 Å². The summed E-state index contributed by atoms with van der Waals surface area (Å²) in [6, 6.07) is 3.93. The molecule has 1 aromatic rings. The summed E-state index contributed by atoms with van der Waals surface area (Å²) in [5.41, 5.74) is 2.98. The zero-order valence-electron chi connectivity index (χ0n) is 13.3. The minimum atomic E-state index is -0.0412. The molecule has 112 valence electrons. The van der Waals surface area contributed by atoms with E-state index < -0.39 is 0 Å². The van der Waals surface area contributed by atoms with E-state index in [1.165, 1.54) is 32.1 Å². The summed E-state index contributed by atoms with van der Waals surface area (Å²) in [7, 11) is 1.97. The second-order valence-electron chi connectivity index (χ2n) is 6.44. The van der Waals surface area contributed by atoms with Gasteiger partial charge in [-0.2, -0.15) is 0 Å². The maximum atomic E-state index is 14.4. The molecule has 0 aliphatic heterocycles. The molecule has 1 saturated carbocycles. The second-order valence-corrected chi connectivity index (χ2v) is 6.44. The number of nitrogens with one attached hydrogen (secondary N) is 1. The van der Waals surface area contributed by atoms with Crippen molar-refractivity contribution in [2.75, 3.05) is 7.05 Å². The van der Waals surface area contributed by atoms with Gasteiger partial charge in [0.2, 0.25) is 0 Å². The molecule has 1 aliphatic carbocycles. The van der Waals surface area contributed by atoms with E-state index >= 15 is 0 Å². The van der Waals surface area contributed by atoms with E-state index in [0.29, 0.717) is 5.92 Å². The van der Waals surface area contributed by atoms with Crippen LogP contribution in [0, 0.1) is 31.5 Å². The zero-order chi connectivity index (χ0) is 14.7. The first-order valence-corrected chi connectivity index (χ1v) is 8.00. The Kier molecular flexibility index (Phi) is 5.20. The summed E-state index contributed by atoms with van der Waals surface area (Å²) in [4.78, 5) is 0. The van der Waals surface area contributed by atoms with Crippen LogP contribution in [0.5, 0.6) is 0 Å². The molecule has 1 N–H and O–H groups in total. The molecule has 2 rings (SSSR count). The largest absolute Gasteiger partial charge is 0.313 e. The summed E-state index contributed by atoms with van der Waals surface area (Å²) >= 11 is 0. The molecule has 0 heterocycles. The van der Waals surface area contributed by atoms with Crippen molar-refractivity contribution in [3.63, 3.8) is 0 Å². The first-order chi connectivity index (χ1) is 9.56. The summed E-state index contributed by atoms with van der Waals surface area (Å²) < 4.78 is 14.4. The number of rotatable bonds is 4. The van der Waals surface area contributed by atoms with Crippen LogP contribution in [0.3, 0.4) is 0 Å². The van der Waals surface area contributed by atoms with Crippen molar-refractivity contribution in [2.24, 2.45) is 11.8 Å². The zero-order valence-corrected chi connectivity index (χ0v) is 13.3. The van der Waals surface area contributed by atoms with Gasteiger partial charge in [0.1, 0.15) is 5.82 Å². The van der Waals surface area contributed by atoms with Crippen molar-refractivity contribution < 1.29 is 4.39 Å². The third kappa shape index (κ3) is 3.22. The molecule has 3 unspecified atom stereocenters. The van der Waals surface area contributed by atoms with Gasteiger partial charge in [0.05, 0.1) is 0 Å². The molecule has 2 heteroatoms. The molecule has 20 heavy (non-hydrogen) atoms. The lowest BCUT2D eigenvalue weighted by atomic mass is 9.74. The number of halogens is 1. The minimum Gasteiger partial charge on any atom is -0.313 e. The third-order valence-electron chi connectivity index (χ3n) is 4.97. The average molecular weight is 277 g/mol. The monoisotopic (exact) mass is 277 g/mol. The van der Waals surface area contributed by atoms with Gasteiger partial charge in [-0.05, 0) is 62.8 Å². The fourth-order valence-corrected chi connectivity index (χ4v) is 3.94. The molecule has 3 atom stereocenters. The van der Waals surface area contributed by atoms with Crippen LogP contribution in [-0.2, 0) is 0 Å². The maximum Gasteiger partial charge on any atom is 0.128 e. The standard InChI is InChI=1S/C18H28FN/c1-5-14-7-6-8-15(11-14)18(20-4)17-13(3)9-12(2)10-16(17)19/h9-10,14-15,18,20H,5-8,11H2,1-4H3. The van der Waals surface area contributed by atoms with Gasteiger partial charge in [-0.15, -0.1) is 0 Å². The third-order valence-corrected chi connectivity index (χ3v) is 4.97. The Morgan fingerprint density at radius 3 is 2.65 bits per heavy atom. The van der Waals surface area contributed by atoms with E-state index in [4.69, 9.17) is 0 Å². The lowest BCUT2D eigenvalue weighted by Gasteiger charge is -2.35. The average Bonchev–Trinajstić information content (AvgIpc) is 2.42. The van der Waals surface area contributed by atoms with Gasteiger partial charge in [-0.3, -0.25) is 0 Å². The van der Waals surface area contributed by atoms with Gasteiger partial charge in [0.15, 0.2) is 0 Å². The van der Waals surface area contributed by atoms with Crippen molar-refractivity contribution in [3.8, 4) is 0 Å². The van der Waals surface area contributed by atoms with E-state index in [1.807, 2.05) is 20.9 Å². The van der Waals surface area contributed by atoms with Gasteiger partial charge >= 0.3 is 0 Å². The van der Waals surface area contributed by atoms with Crippen LogP contribution in [0.4, 0.5) is 4.39 Å². The first kappa shape index (κ1) is 15.5. The number of hydrogen-bond acceptors (Lipinski definition) is 1. The first-order valence-electron chi connectivity index (χ1n) is 8.00. The van der Waals surface area contributed by atoms with Gasteiger partial charge < -0.3 is 5.32 Å². The quantitative estimate of drug-likeness (QED) is 0.823. The van der Waals surface area contributed by atoms with Crippen molar-refractivity contribution in [1.82, 2.24) is 5.32 Å². The molecule has 1 nitrogen and oxygen atoms in total. The number of aryl methyl sites for hydroxylation is 2. The highest BCUT2D eigenvalue weighted by molar-refractivity contribution is 5.34. The van der Waals surface area contributed by atoms with Crippen molar-refractivity contribution >= 4 is 0 Å². The number of hydrogen-bond donors (Lipinski definition) is 1. The molecule has 0 radical (unpaired) electrons. The predicted molar refractivity (Wildman–Crippen MR) is 83.4 cm³/mol. The molecule has 0 spiro atoms.